The number of aliphatic hydroxyl groups excluding tert-OH is 1. The lowest BCUT2D eigenvalue weighted by atomic mass is 9.99. The van der Waals surface area contributed by atoms with Gasteiger partial charge in [0.25, 0.3) is 11.0 Å². The molecule has 1 aliphatic heterocycles. The zero-order valence-electron chi connectivity index (χ0n) is 9.41. The van der Waals surface area contributed by atoms with Gasteiger partial charge in [-0.05, 0) is 36.6 Å². The number of ether oxygens (including phenoxy) is 1. The fourth-order valence-corrected chi connectivity index (χ4v) is 2.17. The molecule has 0 aromatic heterocycles. The number of aliphatic hydroxyl groups is 1. The summed E-state index contributed by atoms with van der Waals surface area (Å²) in [5, 5.41) is 9.71. The molecule has 0 saturated carbocycles. The number of aryl methyl sites for hydroxylation is 1. The van der Waals surface area contributed by atoms with Crippen molar-refractivity contribution < 1.29 is 26.8 Å². The molecule has 5 nitrogen and oxygen atoms in total. The van der Waals surface area contributed by atoms with E-state index in [4.69, 9.17) is 4.74 Å². The van der Waals surface area contributed by atoms with E-state index in [9.17, 15) is 17.9 Å². The first kappa shape index (κ1) is 13.3. The summed E-state index contributed by atoms with van der Waals surface area (Å²) in [5.74, 6) is 0.182. The summed E-state index contributed by atoms with van der Waals surface area (Å²) in [5.41, 5.74) is 0.745. The molecule has 0 unspecified atom stereocenters. The highest BCUT2D eigenvalue weighted by Crippen LogP contribution is 2.29. The lowest BCUT2D eigenvalue weighted by Crippen LogP contribution is -2.37. The van der Waals surface area contributed by atoms with Crippen molar-refractivity contribution in [3.63, 3.8) is 0 Å². The molecule has 100 valence electrons. The third-order valence-corrected chi connectivity index (χ3v) is 3.14. The first-order valence-corrected chi connectivity index (χ1v) is 6.56. The molecule has 18 heavy (non-hydrogen) atoms. The maximum absolute atomic E-state index is 13.0. The number of benzene rings is 1. The molecule has 2 atom stereocenters. The lowest BCUT2D eigenvalue weighted by Gasteiger charge is -2.29. The van der Waals surface area contributed by atoms with E-state index in [-0.39, 0.29) is 12.4 Å². The van der Waals surface area contributed by atoms with E-state index in [0.717, 1.165) is 5.56 Å². The molecule has 7 heteroatoms. The molecule has 1 aliphatic rings. The largest absolute Gasteiger partial charge is 0.487 e. The van der Waals surface area contributed by atoms with E-state index < -0.39 is 23.2 Å². The highest BCUT2D eigenvalue weighted by atomic mass is 32.2. The van der Waals surface area contributed by atoms with E-state index in [1.807, 2.05) is 0 Å². The van der Waals surface area contributed by atoms with Crippen molar-refractivity contribution in [2.75, 3.05) is 6.61 Å². The van der Waals surface area contributed by atoms with Gasteiger partial charge in [0.2, 0.25) is 0 Å². The summed E-state index contributed by atoms with van der Waals surface area (Å²) in [6, 6.07) is 4.17. The molecular formula is C11H13FO5S. The molecule has 0 radical (unpaired) electrons. The molecule has 0 fully saturated rings. The van der Waals surface area contributed by atoms with Gasteiger partial charge in [-0.25, -0.2) is 12.8 Å². The minimum atomic E-state index is -2.98. The van der Waals surface area contributed by atoms with E-state index in [0.29, 0.717) is 18.6 Å². The van der Waals surface area contributed by atoms with Crippen LogP contribution in [0.5, 0.6) is 5.75 Å². The molecule has 1 aromatic rings. The number of rotatable bonds is 4. The van der Waals surface area contributed by atoms with Gasteiger partial charge >= 0.3 is 0 Å². The minimum Gasteiger partial charge on any atom is -0.487 e. The highest BCUT2D eigenvalue weighted by molar-refractivity contribution is 7.67. The van der Waals surface area contributed by atoms with E-state index in [1.165, 1.54) is 18.2 Å². The van der Waals surface area contributed by atoms with Crippen molar-refractivity contribution in [2.24, 2.45) is 0 Å². The number of hydrogen-bond acceptors (Lipinski definition) is 5. The van der Waals surface area contributed by atoms with Gasteiger partial charge in [0.05, 0.1) is 6.61 Å². The van der Waals surface area contributed by atoms with Crippen molar-refractivity contribution in [2.45, 2.75) is 25.0 Å². The third kappa shape index (κ3) is 3.18. The number of thiol groups is 1. The van der Waals surface area contributed by atoms with E-state index in [2.05, 4.69) is 4.18 Å². The van der Waals surface area contributed by atoms with Crippen LogP contribution in [0.3, 0.4) is 0 Å². The van der Waals surface area contributed by atoms with Crippen LogP contribution in [0.4, 0.5) is 4.39 Å². The van der Waals surface area contributed by atoms with Gasteiger partial charge in [0.15, 0.2) is 0 Å². The van der Waals surface area contributed by atoms with Gasteiger partial charge in [-0.3, -0.25) is 4.18 Å². The number of fused-ring (bicyclic) bond motifs is 1. The second-order valence-corrected chi connectivity index (χ2v) is 4.74. The van der Waals surface area contributed by atoms with Gasteiger partial charge < -0.3 is 9.84 Å². The van der Waals surface area contributed by atoms with Gasteiger partial charge in [-0.2, -0.15) is 0 Å². The Hall–Kier alpha value is -1.18. The average Bonchev–Trinajstić information content (AvgIpc) is 2.35. The Morgan fingerprint density at radius 2 is 2.33 bits per heavy atom. The van der Waals surface area contributed by atoms with Crippen LogP contribution in [0.2, 0.25) is 0 Å². The Balaban J connectivity index is 2.00. The fourth-order valence-electron chi connectivity index (χ4n) is 1.89. The maximum Gasteiger partial charge on any atom is 0.257 e. The van der Waals surface area contributed by atoms with Crippen molar-refractivity contribution >= 4 is 11.0 Å². The van der Waals surface area contributed by atoms with Gasteiger partial charge in [-0.15, -0.1) is 0 Å². The molecule has 0 spiro atoms. The van der Waals surface area contributed by atoms with Gasteiger partial charge in [0, 0.05) is 0 Å². The standard InChI is InChI=1S/C11H13FO5S/c12-8-2-4-10-7(5-8)1-3-11(17-10)9(13)6-16-18(14)15/h2,4-5,9,11,13,18H,1,3,6H2/t9-,11-/m1/s1. The van der Waals surface area contributed by atoms with Crippen molar-refractivity contribution in [3.05, 3.63) is 29.6 Å². The quantitative estimate of drug-likeness (QED) is 0.780. The number of hydrogen-bond donors (Lipinski definition) is 2. The summed E-state index contributed by atoms with van der Waals surface area (Å²) in [7, 11) is -2.98. The Kier molecular flexibility index (Phi) is 4.15. The summed E-state index contributed by atoms with van der Waals surface area (Å²) in [6.45, 7) is -0.333. The molecule has 0 amide bonds. The van der Waals surface area contributed by atoms with E-state index >= 15 is 0 Å². The maximum atomic E-state index is 13.0. The topological polar surface area (TPSA) is 72.8 Å². The zero-order chi connectivity index (χ0) is 13.1. The summed E-state index contributed by atoms with van der Waals surface area (Å²) in [6.07, 6.45) is -0.524. The normalized spacial score (nSPS) is 20.3. The minimum absolute atomic E-state index is 0.331. The van der Waals surface area contributed by atoms with Crippen molar-refractivity contribution in [3.8, 4) is 5.75 Å². The average molecular weight is 276 g/mol. The Bertz CT molecular complexity index is 494. The summed E-state index contributed by atoms with van der Waals surface area (Å²) >= 11 is 0. The summed E-state index contributed by atoms with van der Waals surface area (Å²) in [4.78, 5) is 0. The number of halogens is 1. The van der Waals surface area contributed by atoms with Crippen LogP contribution in [0.15, 0.2) is 18.2 Å². The van der Waals surface area contributed by atoms with Crippen molar-refractivity contribution in [1.82, 2.24) is 0 Å². The second-order valence-electron chi connectivity index (χ2n) is 4.03. The lowest BCUT2D eigenvalue weighted by molar-refractivity contribution is -0.00110. The SMILES string of the molecule is O=[SH](=O)OC[C@@H](O)[C@H]1CCc2cc(F)ccc2O1. The molecule has 0 bridgehead atoms. The monoisotopic (exact) mass is 276 g/mol. The molecule has 0 saturated heterocycles. The molecule has 1 aromatic carbocycles. The van der Waals surface area contributed by atoms with Crippen molar-refractivity contribution in [1.29, 1.82) is 0 Å². The van der Waals surface area contributed by atoms with Gasteiger partial charge in [0.1, 0.15) is 23.8 Å². The van der Waals surface area contributed by atoms with Crippen LogP contribution in [0.25, 0.3) is 0 Å². The van der Waals surface area contributed by atoms with Crippen LogP contribution in [-0.4, -0.2) is 32.3 Å². The highest BCUT2D eigenvalue weighted by Gasteiger charge is 2.26. The molecule has 0 aliphatic carbocycles. The second kappa shape index (κ2) is 5.64. The fraction of sp³-hybridized carbons (Fsp3) is 0.455. The zero-order valence-corrected chi connectivity index (χ0v) is 10.3. The van der Waals surface area contributed by atoms with E-state index in [1.54, 1.807) is 0 Å². The molecule has 2 rings (SSSR count). The Labute approximate surface area is 105 Å². The Morgan fingerprint density at radius 1 is 1.56 bits per heavy atom. The van der Waals surface area contributed by atoms with Gasteiger partial charge in [-0.1, -0.05) is 0 Å². The van der Waals surface area contributed by atoms with Crippen LogP contribution in [0.1, 0.15) is 12.0 Å². The molecule has 1 N–H and O–H groups in total. The third-order valence-electron chi connectivity index (χ3n) is 2.78. The van der Waals surface area contributed by atoms with Crippen LogP contribution >= 0.6 is 0 Å². The smallest absolute Gasteiger partial charge is 0.257 e. The molecule has 1 heterocycles. The first-order chi connectivity index (χ1) is 8.56. The first-order valence-electron chi connectivity index (χ1n) is 5.46. The predicted octanol–water partition coefficient (Wildman–Crippen LogP) is 0.423. The van der Waals surface area contributed by atoms with Crippen LogP contribution in [-0.2, 0) is 21.6 Å². The summed E-state index contributed by atoms with van der Waals surface area (Å²) < 4.78 is 43.3. The van der Waals surface area contributed by atoms with Crippen LogP contribution in [0, 0.1) is 5.82 Å². The molecular weight excluding hydrogens is 263 g/mol. The van der Waals surface area contributed by atoms with Crippen LogP contribution < -0.4 is 4.74 Å². The Morgan fingerprint density at radius 3 is 3.06 bits per heavy atom. The predicted molar refractivity (Wildman–Crippen MR) is 61.4 cm³/mol.